The number of benzene rings is 1. The van der Waals surface area contributed by atoms with Crippen molar-refractivity contribution >= 4 is 11.9 Å². The Morgan fingerprint density at radius 2 is 2.14 bits per heavy atom. The van der Waals surface area contributed by atoms with Crippen LogP contribution in [0.4, 0.5) is 4.39 Å². The second-order valence-corrected chi connectivity index (χ2v) is 5.14. The summed E-state index contributed by atoms with van der Waals surface area (Å²) in [5.74, 6) is -2.44. The SMILES string of the molecule is CN(Cc1ccccc1F)C(=O)COC(=O)C1CC1[N+](=O)[O-]. The van der Waals surface area contributed by atoms with E-state index >= 15 is 0 Å². The van der Waals surface area contributed by atoms with Crippen LogP contribution in [0.15, 0.2) is 24.3 Å². The van der Waals surface area contributed by atoms with Crippen LogP contribution in [0.2, 0.25) is 0 Å². The summed E-state index contributed by atoms with van der Waals surface area (Å²) in [6, 6.07) is 5.14. The van der Waals surface area contributed by atoms with Crippen LogP contribution in [0, 0.1) is 21.8 Å². The fraction of sp³-hybridized carbons (Fsp3) is 0.429. The molecular formula is C14H15FN2O5. The number of carbonyl (C=O) groups is 2. The molecule has 118 valence electrons. The van der Waals surface area contributed by atoms with Crippen LogP contribution < -0.4 is 0 Å². The average Bonchev–Trinajstić information content (AvgIpc) is 3.27. The number of esters is 1. The van der Waals surface area contributed by atoms with Crippen molar-refractivity contribution in [2.45, 2.75) is 19.0 Å². The molecule has 8 heteroatoms. The van der Waals surface area contributed by atoms with Gasteiger partial charge in [0.05, 0.1) is 0 Å². The molecule has 22 heavy (non-hydrogen) atoms. The zero-order valence-electron chi connectivity index (χ0n) is 11.9. The number of amides is 1. The molecule has 0 aliphatic heterocycles. The number of nitro groups is 1. The lowest BCUT2D eigenvalue weighted by molar-refractivity contribution is -0.497. The third-order valence-corrected chi connectivity index (χ3v) is 3.46. The molecule has 0 aromatic heterocycles. The van der Waals surface area contributed by atoms with Crippen molar-refractivity contribution in [1.82, 2.24) is 4.90 Å². The van der Waals surface area contributed by atoms with Crippen molar-refractivity contribution in [3.05, 3.63) is 45.8 Å². The molecule has 0 bridgehead atoms. The highest BCUT2D eigenvalue weighted by molar-refractivity contribution is 5.82. The largest absolute Gasteiger partial charge is 0.455 e. The molecule has 0 saturated heterocycles. The van der Waals surface area contributed by atoms with Gasteiger partial charge in [0.15, 0.2) is 6.61 Å². The van der Waals surface area contributed by atoms with Crippen LogP contribution in [0.1, 0.15) is 12.0 Å². The number of hydrogen-bond acceptors (Lipinski definition) is 5. The molecule has 1 fully saturated rings. The third-order valence-electron chi connectivity index (χ3n) is 3.46. The number of rotatable bonds is 6. The average molecular weight is 310 g/mol. The standard InChI is InChI=1S/C14H15FN2O5/c1-16(7-9-4-2-3-5-11(9)15)13(18)8-22-14(19)10-6-12(10)17(20)21/h2-5,10,12H,6-8H2,1H3. The molecular weight excluding hydrogens is 295 g/mol. The van der Waals surface area contributed by atoms with E-state index in [1.807, 2.05) is 0 Å². The van der Waals surface area contributed by atoms with Crippen molar-refractivity contribution in [2.24, 2.45) is 5.92 Å². The van der Waals surface area contributed by atoms with Crippen LogP contribution in [0.25, 0.3) is 0 Å². The van der Waals surface area contributed by atoms with Gasteiger partial charge in [0, 0.05) is 30.5 Å². The Bertz CT molecular complexity index is 607. The van der Waals surface area contributed by atoms with Gasteiger partial charge < -0.3 is 9.64 Å². The van der Waals surface area contributed by atoms with E-state index in [1.54, 1.807) is 18.2 Å². The van der Waals surface area contributed by atoms with Gasteiger partial charge in [-0.1, -0.05) is 18.2 Å². The Kier molecular flexibility index (Phi) is 4.69. The van der Waals surface area contributed by atoms with Gasteiger partial charge in [-0.05, 0) is 6.07 Å². The Morgan fingerprint density at radius 3 is 2.73 bits per heavy atom. The maximum atomic E-state index is 13.5. The number of nitrogens with zero attached hydrogens (tertiary/aromatic N) is 2. The topological polar surface area (TPSA) is 89.8 Å². The maximum absolute atomic E-state index is 13.5. The minimum Gasteiger partial charge on any atom is -0.455 e. The predicted molar refractivity (Wildman–Crippen MR) is 72.7 cm³/mol. The molecule has 0 heterocycles. The molecule has 1 amide bonds. The second kappa shape index (κ2) is 6.50. The van der Waals surface area contributed by atoms with Gasteiger partial charge in [-0.3, -0.25) is 19.7 Å². The van der Waals surface area contributed by atoms with E-state index in [1.165, 1.54) is 18.0 Å². The molecule has 1 aliphatic rings. The van der Waals surface area contributed by atoms with Gasteiger partial charge in [0.2, 0.25) is 6.04 Å². The number of carbonyl (C=O) groups excluding carboxylic acids is 2. The van der Waals surface area contributed by atoms with E-state index in [2.05, 4.69) is 0 Å². The van der Waals surface area contributed by atoms with Crippen molar-refractivity contribution in [1.29, 1.82) is 0 Å². The van der Waals surface area contributed by atoms with E-state index in [-0.39, 0.29) is 13.0 Å². The quantitative estimate of drug-likeness (QED) is 0.444. The normalized spacial score (nSPS) is 19.4. The van der Waals surface area contributed by atoms with Crippen molar-refractivity contribution in [3.8, 4) is 0 Å². The lowest BCUT2D eigenvalue weighted by Crippen LogP contribution is -2.31. The fourth-order valence-corrected chi connectivity index (χ4v) is 1.99. The molecule has 1 aromatic carbocycles. The van der Waals surface area contributed by atoms with E-state index in [0.29, 0.717) is 5.56 Å². The number of likely N-dealkylation sites (N-methyl/N-ethyl adjacent to an activating group) is 1. The highest BCUT2D eigenvalue weighted by atomic mass is 19.1. The van der Waals surface area contributed by atoms with E-state index in [9.17, 15) is 24.1 Å². The summed E-state index contributed by atoms with van der Waals surface area (Å²) in [5.41, 5.74) is 0.347. The number of halogens is 1. The first-order valence-corrected chi connectivity index (χ1v) is 6.67. The highest BCUT2D eigenvalue weighted by Gasteiger charge is 2.54. The lowest BCUT2D eigenvalue weighted by Gasteiger charge is -2.17. The van der Waals surface area contributed by atoms with Crippen LogP contribution in [0.5, 0.6) is 0 Å². The summed E-state index contributed by atoms with van der Waals surface area (Å²) in [6.07, 6.45) is 0.144. The summed E-state index contributed by atoms with van der Waals surface area (Å²) in [7, 11) is 1.46. The summed E-state index contributed by atoms with van der Waals surface area (Å²) in [4.78, 5) is 34.5. The predicted octanol–water partition coefficient (Wildman–Crippen LogP) is 0.993. The Labute approximate surface area is 125 Å². The van der Waals surface area contributed by atoms with Gasteiger partial charge in [-0.2, -0.15) is 0 Å². The molecule has 0 radical (unpaired) electrons. The molecule has 2 atom stereocenters. The minimum absolute atomic E-state index is 0.0456. The highest BCUT2D eigenvalue weighted by Crippen LogP contribution is 2.34. The van der Waals surface area contributed by atoms with Crippen molar-refractivity contribution < 1.29 is 23.6 Å². The summed E-state index contributed by atoms with van der Waals surface area (Å²) in [5, 5.41) is 10.4. The van der Waals surface area contributed by atoms with Gasteiger partial charge >= 0.3 is 5.97 Å². The first kappa shape index (κ1) is 15.9. The molecule has 2 unspecified atom stereocenters. The molecule has 7 nitrogen and oxygen atoms in total. The third kappa shape index (κ3) is 3.78. The number of ether oxygens (including phenoxy) is 1. The first-order valence-electron chi connectivity index (χ1n) is 6.67. The van der Waals surface area contributed by atoms with Crippen LogP contribution >= 0.6 is 0 Å². The van der Waals surface area contributed by atoms with E-state index in [4.69, 9.17) is 4.74 Å². The van der Waals surface area contributed by atoms with Gasteiger partial charge in [-0.15, -0.1) is 0 Å². The van der Waals surface area contributed by atoms with E-state index < -0.39 is 41.2 Å². The molecule has 0 spiro atoms. The molecule has 1 aromatic rings. The zero-order chi connectivity index (χ0) is 16.3. The van der Waals surface area contributed by atoms with Crippen molar-refractivity contribution in [3.63, 3.8) is 0 Å². The minimum atomic E-state index is -0.904. The molecule has 2 rings (SSSR count). The summed E-state index contributed by atoms with van der Waals surface area (Å²) < 4.78 is 18.2. The van der Waals surface area contributed by atoms with Gasteiger partial charge in [0.25, 0.3) is 5.91 Å². The molecule has 0 N–H and O–H groups in total. The van der Waals surface area contributed by atoms with Crippen LogP contribution in [-0.4, -0.2) is 41.4 Å². The fourth-order valence-electron chi connectivity index (χ4n) is 1.99. The van der Waals surface area contributed by atoms with Crippen molar-refractivity contribution in [2.75, 3.05) is 13.7 Å². The smallest absolute Gasteiger partial charge is 0.316 e. The molecule has 1 saturated carbocycles. The summed E-state index contributed by atoms with van der Waals surface area (Å²) >= 11 is 0. The van der Waals surface area contributed by atoms with Gasteiger partial charge in [-0.25, -0.2) is 4.39 Å². The number of hydrogen-bond donors (Lipinski definition) is 0. The second-order valence-electron chi connectivity index (χ2n) is 5.14. The Balaban J connectivity index is 1.79. The Hall–Kier alpha value is -2.51. The van der Waals surface area contributed by atoms with Gasteiger partial charge in [0.1, 0.15) is 11.7 Å². The van der Waals surface area contributed by atoms with Crippen LogP contribution in [0.3, 0.4) is 0 Å². The monoisotopic (exact) mass is 310 g/mol. The van der Waals surface area contributed by atoms with Crippen LogP contribution in [-0.2, 0) is 20.9 Å². The summed E-state index contributed by atoms with van der Waals surface area (Å²) in [6.45, 7) is -0.464. The van der Waals surface area contributed by atoms with E-state index in [0.717, 1.165) is 0 Å². The molecule has 1 aliphatic carbocycles. The zero-order valence-corrected chi connectivity index (χ0v) is 11.9. The maximum Gasteiger partial charge on any atom is 0.316 e. The first-order chi connectivity index (χ1) is 10.4. The Morgan fingerprint density at radius 1 is 1.45 bits per heavy atom. The lowest BCUT2D eigenvalue weighted by atomic mass is 10.2.